The number of carbonyl (C=O) groups excluding carboxylic acids is 1. The van der Waals surface area contributed by atoms with Crippen molar-refractivity contribution >= 4 is 44.4 Å². The first-order chi connectivity index (χ1) is 16.9. The molecule has 0 spiro atoms. The number of nitrogens with one attached hydrogen (secondary N) is 3. The van der Waals surface area contributed by atoms with Crippen molar-refractivity contribution < 1.29 is 19.4 Å². The zero-order chi connectivity index (χ0) is 24.8. The van der Waals surface area contributed by atoms with E-state index in [-0.39, 0.29) is 19.1 Å². The molecule has 0 unspecified atom stereocenters. The van der Waals surface area contributed by atoms with Gasteiger partial charge in [-0.3, -0.25) is 14.9 Å². The third-order valence-electron chi connectivity index (χ3n) is 5.65. The topological polar surface area (TPSA) is 103 Å². The van der Waals surface area contributed by atoms with Gasteiger partial charge in [-0.25, -0.2) is 0 Å². The van der Waals surface area contributed by atoms with Crippen molar-refractivity contribution in [2.24, 2.45) is 0 Å². The summed E-state index contributed by atoms with van der Waals surface area (Å²) >= 11 is 3.46. The van der Waals surface area contributed by atoms with E-state index in [4.69, 9.17) is 4.74 Å². The smallest absolute Gasteiger partial charge is 0.321 e. The van der Waals surface area contributed by atoms with Crippen LogP contribution in [0.25, 0.3) is 10.9 Å². The molecular weight excluding hydrogens is 510 g/mol. The minimum atomic E-state index is -0.940. The third-order valence-corrected chi connectivity index (χ3v) is 6.15. The van der Waals surface area contributed by atoms with Gasteiger partial charge in [0.25, 0.3) is 5.91 Å². The number of aryl methyl sites for hydroxylation is 1. The van der Waals surface area contributed by atoms with Crippen LogP contribution in [-0.2, 0) is 22.6 Å². The van der Waals surface area contributed by atoms with Crippen LogP contribution in [0.2, 0.25) is 0 Å². The summed E-state index contributed by atoms with van der Waals surface area (Å²) < 4.78 is 6.61. The summed E-state index contributed by atoms with van der Waals surface area (Å²) in [4.78, 5) is 27.5. The Hall–Kier alpha value is -3.62. The summed E-state index contributed by atoms with van der Waals surface area (Å²) in [6.07, 6.45) is 2.17. The standard InChI is InChI=1S/C27H26BrN3O4/c1-17-6-9-21(10-7-17)31-26(32)16-35-25-11-8-20(28)12-19(25)15-30-24(27(33)34)13-18-14-29-23-5-3-2-4-22(18)23/h2-12,14,24,29-30H,13,15-16H2,1H3,(H,31,32)(H,33,34)/t24-/m0/s1. The van der Waals surface area contributed by atoms with Crippen LogP contribution < -0.4 is 15.4 Å². The van der Waals surface area contributed by atoms with E-state index in [1.165, 1.54) is 0 Å². The van der Waals surface area contributed by atoms with E-state index in [0.717, 1.165) is 32.1 Å². The first-order valence-electron chi connectivity index (χ1n) is 11.2. The van der Waals surface area contributed by atoms with Crippen LogP contribution in [0.1, 0.15) is 16.7 Å². The number of hydrogen-bond donors (Lipinski definition) is 4. The molecule has 1 heterocycles. The van der Waals surface area contributed by atoms with Crippen LogP contribution in [0.5, 0.6) is 5.75 Å². The van der Waals surface area contributed by atoms with Gasteiger partial charge in [0.1, 0.15) is 11.8 Å². The molecule has 0 aliphatic carbocycles. The van der Waals surface area contributed by atoms with Gasteiger partial charge in [0.2, 0.25) is 0 Å². The molecule has 1 amide bonds. The van der Waals surface area contributed by atoms with Crippen LogP contribution in [0.4, 0.5) is 5.69 Å². The molecule has 1 aromatic heterocycles. The molecule has 0 bridgehead atoms. The summed E-state index contributed by atoms with van der Waals surface area (Å²) in [5.74, 6) is -0.709. The number of para-hydroxylation sites is 1. The predicted molar refractivity (Wildman–Crippen MR) is 140 cm³/mol. The number of hydrogen-bond acceptors (Lipinski definition) is 4. The van der Waals surface area contributed by atoms with E-state index in [1.54, 1.807) is 6.07 Å². The van der Waals surface area contributed by atoms with Crippen molar-refractivity contribution in [1.82, 2.24) is 10.3 Å². The second-order valence-corrected chi connectivity index (χ2v) is 9.21. The van der Waals surface area contributed by atoms with E-state index < -0.39 is 12.0 Å². The minimum absolute atomic E-state index is 0.166. The lowest BCUT2D eigenvalue weighted by Gasteiger charge is -2.17. The summed E-state index contributed by atoms with van der Waals surface area (Å²) in [6.45, 7) is 2.07. The highest BCUT2D eigenvalue weighted by Gasteiger charge is 2.20. The average molecular weight is 536 g/mol. The molecule has 4 N–H and O–H groups in total. The monoisotopic (exact) mass is 535 g/mol. The third kappa shape index (κ3) is 6.49. The number of rotatable bonds is 10. The van der Waals surface area contributed by atoms with Crippen LogP contribution in [0.3, 0.4) is 0 Å². The second-order valence-electron chi connectivity index (χ2n) is 8.29. The van der Waals surface area contributed by atoms with Crippen LogP contribution in [-0.4, -0.2) is 34.6 Å². The highest BCUT2D eigenvalue weighted by Crippen LogP contribution is 2.24. The molecule has 0 fully saturated rings. The fraction of sp³-hybridized carbons (Fsp3) is 0.185. The zero-order valence-electron chi connectivity index (χ0n) is 19.2. The van der Waals surface area contributed by atoms with Gasteiger partial charge in [-0.2, -0.15) is 0 Å². The van der Waals surface area contributed by atoms with E-state index >= 15 is 0 Å². The average Bonchev–Trinajstić information content (AvgIpc) is 3.25. The van der Waals surface area contributed by atoms with Gasteiger partial charge in [0.15, 0.2) is 6.61 Å². The maximum Gasteiger partial charge on any atom is 0.321 e. The fourth-order valence-electron chi connectivity index (χ4n) is 3.80. The Balaban J connectivity index is 1.40. The minimum Gasteiger partial charge on any atom is -0.483 e. The van der Waals surface area contributed by atoms with Crippen LogP contribution in [0, 0.1) is 6.92 Å². The van der Waals surface area contributed by atoms with E-state index in [9.17, 15) is 14.7 Å². The molecule has 0 aliphatic heterocycles. The van der Waals surface area contributed by atoms with Gasteiger partial charge in [-0.05, 0) is 48.9 Å². The molecule has 8 heteroatoms. The molecule has 1 atom stereocenters. The van der Waals surface area contributed by atoms with Crippen molar-refractivity contribution in [2.45, 2.75) is 25.9 Å². The van der Waals surface area contributed by atoms with Gasteiger partial charge < -0.3 is 20.1 Å². The van der Waals surface area contributed by atoms with Crippen molar-refractivity contribution in [3.63, 3.8) is 0 Å². The first kappa shape index (κ1) is 24.5. The highest BCUT2D eigenvalue weighted by atomic mass is 79.9. The maximum atomic E-state index is 12.3. The number of aliphatic carboxylic acids is 1. The fourth-order valence-corrected chi connectivity index (χ4v) is 4.21. The van der Waals surface area contributed by atoms with Gasteiger partial charge in [-0.1, -0.05) is 51.8 Å². The molecule has 180 valence electrons. The molecule has 0 radical (unpaired) electrons. The zero-order valence-corrected chi connectivity index (χ0v) is 20.8. The Bertz CT molecular complexity index is 1330. The van der Waals surface area contributed by atoms with Gasteiger partial charge >= 0.3 is 5.97 Å². The number of H-pyrrole nitrogens is 1. The van der Waals surface area contributed by atoms with Crippen LogP contribution in [0.15, 0.2) is 77.4 Å². The van der Waals surface area contributed by atoms with E-state index in [2.05, 4.69) is 31.5 Å². The number of ether oxygens (including phenoxy) is 1. The number of fused-ring (bicyclic) bond motifs is 1. The largest absolute Gasteiger partial charge is 0.483 e. The normalized spacial score (nSPS) is 11.8. The maximum absolute atomic E-state index is 12.3. The predicted octanol–water partition coefficient (Wildman–Crippen LogP) is 5.04. The second kappa shape index (κ2) is 11.2. The molecule has 3 aromatic carbocycles. The first-order valence-corrected chi connectivity index (χ1v) is 12.0. The lowest BCUT2D eigenvalue weighted by Crippen LogP contribution is -2.38. The number of carbonyl (C=O) groups is 2. The molecule has 0 saturated carbocycles. The Labute approximate surface area is 211 Å². The molecule has 7 nitrogen and oxygen atoms in total. The number of carboxylic acids is 1. The Morgan fingerprint density at radius 2 is 1.83 bits per heavy atom. The number of aromatic amines is 1. The number of aromatic nitrogens is 1. The molecule has 35 heavy (non-hydrogen) atoms. The number of anilines is 1. The summed E-state index contributed by atoms with van der Waals surface area (Å²) in [7, 11) is 0. The van der Waals surface area contributed by atoms with Gasteiger partial charge in [0, 0.05) is 45.8 Å². The van der Waals surface area contributed by atoms with Crippen molar-refractivity contribution in [3.05, 3.63) is 94.1 Å². The summed E-state index contributed by atoms with van der Waals surface area (Å²) in [5, 5.41) is 16.7. The number of benzene rings is 3. The lowest BCUT2D eigenvalue weighted by molar-refractivity contribution is -0.139. The summed E-state index contributed by atoms with van der Waals surface area (Å²) in [5.41, 5.74) is 4.45. The Morgan fingerprint density at radius 1 is 1.06 bits per heavy atom. The quantitative estimate of drug-likeness (QED) is 0.227. The highest BCUT2D eigenvalue weighted by molar-refractivity contribution is 9.10. The molecular formula is C27H26BrN3O4. The van der Waals surface area contributed by atoms with Gasteiger partial charge in [-0.15, -0.1) is 0 Å². The van der Waals surface area contributed by atoms with E-state index in [1.807, 2.05) is 73.8 Å². The van der Waals surface area contributed by atoms with Crippen molar-refractivity contribution in [3.8, 4) is 5.75 Å². The Morgan fingerprint density at radius 3 is 2.60 bits per heavy atom. The lowest BCUT2D eigenvalue weighted by atomic mass is 10.0. The van der Waals surface area contributed by atoms with Crippen molar-refractivity contribution in [1.29, 1.82) is 0 Å². The molecule has 0 aliphatic rings. The number of halogens is 1. The molecule has 4 aromatic rings. The SMILES string of the molecule is Cc1ccc(NC(=O)COc2ccc(Br)cc2CN[C@@H](Cc2c[nH]c3ccccc23)C(=O)O)cc1. The summed E-state index contributed by atoms with van der Waals surface area (Å²) in [6, 6.07) is 19.9. The van der Waals surface area contributed by atoms with E-state index in [0.29, 0.717) is 17.9 Å². The number of amides is 1. The Kier molecular flexibility index (Phi) is 7.84. The molecule has 4 rings (SSSR count). The van der Waals surface area contributed by atoms with Gasteiger partial charge in [0.05, 0.1) is 0 Å². The van der Waals surface area contributed by atoms with Crippen molar-refractivity contribution in [2.75, 3.05) is 11.9 Å². The van der Waals surface area contributed by atoms with Crippen LogP contribution >= 0.6 is 15.9 Å². The number of carboxylic acid groups (broad SMARTS) is 1. The molecule has 0 saturated heterocycles.